The molecule has 0 aliphatic carbocycles. The Labute approximate surface area is 105 Å². The predicted octanol–water partition coefficient (Wildman–Crippen LogP) is 1.57. The average Bonchev–Trinajstić information content (AvgIpc) is 2.39. The normalized spacial score (nSPS) is 15.8. The molecule has 0 unspecified atom stereocenters. The molecule has 1 aromatic heterocycles. The van der Waals surface area contributed by atoms with Gasteiger partial charge in [-0.2, -0.15) is 0 Å². The standard InChI is InChI=1S/C12H14ClN3O/c1-2-12(17)16-7-5-15(6-8-16)11-4-3-10(13)9-14-11/h2-4,9H,1,5-8H2. The summed E-state index contributed by atoms with van der Waals surface area (Å²) in [5.74, 6) is 0.897. The topological polar surface area (TPSA) is 36.4 Å². The number of carbonyl (C=O) groups excluding carboxylic acids is 1. The van der Waals surface area contributed by atoms with Crippen LogP contribution < -0.4 is 4.90 Å². The first-order chi connectivity index (χ1) is 8.20. The number of aromatic nitrogens is 1. The van der Waals surface area contributed by atoms with Crippen molar-refractivity contribution in [1.82, 2.24) is 9.88 Å². The number of halogens is 1. The quantitative estimate of drug-likeness (QED) is 0.749. The zero-order chi connectivity index (χ0) is 12.3. The van der Waals surface area contributed by atoms with E-state index in [1.165, 1.54) is 6.08 Å². The molecule has 0 aromatic carbocycles. The van der Waals surface area contributed by atoms with E-state index in [9.17, 15) is 4.79 Å². The molecule has 1 saturated heterocycles. The average molecular weight is 252 g/mol. The highest BCUT2D eigenvalue weighted by atomic mass is 35.5. The largest absolute Gasteiger partial charge is 0.353 e. The number of carbonyl (C=O) groups is 1. The van der Waals surface area contributed by atoms with Crippen LogP contribution in [-0.2, 0) is 4.79 Å². The fourth-order valence-corrected chi connectivity index (χ4v) is 1.95. The first-order valence-corrected chi connectivity index (χ1v) is 5.86. The Morgan fingerprint density at radius 2 is 2.06 bits per heavy atom. The first-order valence-electron chi connectivity index (χ1n) is 5.48. The number of anilines is 1. The lowest BCUT2D eigenvalue weighted by Gasteiger charge is -2.34. The zero-order valence-electron chi connectivity index (χ0n) is 9.47. The first kappa shape index (κ1) is 11.9. The van der Waals surface area contributed by atoms with Gasteiger partial charge < -0.3 is 9.80 Å². The monoisotopic (exact) mass is 251 g/mol. The maximum Gasteiger partial charge on any atom is 0.246 e. The van der Waals surface area contributed by atoms with Gasteiger partial charge in [0.2, 0.25) is 5.91 Å². The van der Waals surface area contributed by atoms with Crippen molar-refractivity contribution in [3.63, 3.8) is 0 Å². The highest BCUT2D eigenvalue weighted by Gasteiger charge is 2.19. The van der Waals surface area contributed by atoms with Crippen LogP contribution in [0.1, 0.15) is 0 Å². The number of amides is 1. The Morgan fingerprint density at radius 1 is 1.35 bits per heavy atom. The Kier molecular flexibility index (Phi) is 3.64. The lowest BCUT2D eigenvalue weighted by molar-refractivity contribution is -0.126. The molecule has 0 saturated carbocycles. The molecule has 5 heteroatoms. The molecule has 1 fully saturated rings. The third-order valence-corrected chi connectivity index (χ3v) is 3.03. The molecule has 2 heterocycles. The van der Waals surface area contributed by atoms with Gasteiger partial charge in [0.1, 0.15) is 5.82 Å². The van der Waals surface area contributed by atoms with Crippen molar-refractivity contribution < 1.29 is 4.79 Å². The molecular formula is C12H14ClN3O. The van der Waals surface area contributed by atoms with E-state index < -0.39 is 0 Å². The molecule has 1 aliphatic heterocycles. The van der Waals surface area contributed by atoms with Crippen LogP contribution in [0.2, 0.25) is 5.02 Å². The van der Waals surface area contributed by atoms with Crippen LogP contribution in [0, 0.1) is 0 Å². The van der Waals surface area contributed by atoms with Crippen LogP contribution in [0.15, 0.2) is 31.0 Å². The summed E-state index contributed by atoms with van der Waals surface area (Å²) in [5.41, 5.74) is 0. The lowest BCUT2D eigenvalue weighted by atomic mass is 10.3. The summed E-state index contributed by atoms with van der Waals surface area (Å²) in [6.07, 6.45) is 2.99. The molecule has 4 nitrogen and oxygen atoms in total. The summed E-state index contributed by atoms with van der Waals surface area (Å²) in [7, 11) is 0. The molecule has 0 spiro atoms. The van der Waals surface area contributed by atoms with Gasteiger partial charge in [-0.15, -0.1) is 0 Å². The SMILES string of the molecule is C=CC(=O)N1CCN(c2ccc(Cl)cn2)CC1. The molecule has 0 atom stereocenters. The summed E-state index contributed by atoms with van der Waals surface area (Å²) in [6.45, 7) is 6.47. The minimum absolute atomic E-state index is 0.00582. The van der Waals surface area contributed by atoms with Crippen LogP contribution in [0.25, 0.3) is 0 Å². The molecule has 0 radical (unpaired) electrons. The summed E-state index contributed by atoms with van der Waals surface area (Å²) in [5, 5.41) is 0.634. The van der Waals surface area contributed by atoms with Crippen LogP contribution >= 0.6 is 11.6 Å². The van der Waals surface area contributed by atoms with E-state index >= 15 is 0 Å². The van der Waals surface area contributed by atoms with E-state index in [1.54, 1.807) is 11.1 Å². The Hall–Kier alpha value is -1.55. The van der Waals surface area contributed by atoms with E-state index in [-0.39, 0.29) is 5.91 Å². The number of nitrogens with zero attached hydrogens (tertiary/aromatic N) is 3. The zero-order valence-corrected chi connectivity index (χ0v) is 10.2. The fourth-order valence-electron chi connectivity index (χ4n) is 1.84. The number of hydrogen-bond donors (Lipinski definition) is 0. The minimum Gasteiger partial charge on any atom is -0.353 e. The molecule has 1 aromatic rings. The van der Waals surface area contributed by atoms with E-state index in [0.717, 1.165) is 18.9 Å². The van der Waals surface area contributed by atoms with Crippen molar-refractivity contribution in [2.75, 3.05) is 31.1 Å². The molecule has 0 N–H and O–H groups in total. The number of pyridine rings is 1. The highest BCUT2D eigenvalue weighted by Crippen LogP contribution is 2.16. The summed E-state index contributed by atoms with van der Waals surface area (Å²) in [6, 6.07) is 3.72. The van der Waals surface area contributed by atoms with Gasteiger partial charge in [-0.05, 0) is 18.2 Å². The summed E-state index contributed by atoms with van der Waals surface area (Å²) >= 11 is 5.79. The molecule has 17 heavy (non-hydrogen) atoms. The van der Waals surface area contributed by atoms with Crippen molar-refractivity contribution in [2.45, 2.75) is 0 Å². The van der Waals surface area contributed by atoms with Gasteiger partial charge in [0, 0.05) is 32.4 Å². The van der Waals surface area contributed by atoms with E-state index in [4.69, 9.17) is 11.6 Å². The number of rotatable bonds is 2. The van der Waals surface area contributed by atoms with Crippen LogP contribution in [0.5, 0.6) is 0 Å². The molecular weight excluding hydrogens is 238 g/mol. The van der Waals surface area contributed by atoms with Crippen molar-refractivity contribution in [3.05, 3.63) is 36.0 Å². The van der Waals surface area contributed by atoms with Gasteiger partial charge in [-0.3, -0.25) is 4.79 Å². The smallest absolute Gasteiger partial charge is 0.246 e. The second-order valence-electron chi connectivity index (χ2n) is 3.85. The molecule has 2 rings (SSSR count). The van der Waals surface area contributed by atoms with Crippen molar-refractivity contribution >= 4 is 23.3 Å². The Morgan fingerprint density at radius 3 is 2.59 bits per heavy atom. The third-order valence-electron chi connectivity index (χ3n) is 2.80. The van der Waals surface area contributed by atoms with Gasteiger partial charge in [0.15, 0.2) is 0 Å². The molecule has 0 bridgehead atoms. The van der Waals surface area contributed by atoms with Gasteiger partial charge in [-0.25, -0.2) is 4.98 Å². The van der Waals surface area contributed by atoms with Crippen molar-refractivity contribution in [3.8, 4) is 0 Å². The lowest BCUT2D eigenvalue weighted by Crippen LogP contribution is -2.48. The molecule has 90 valence electrons. The summed E-state index contributed by atoms with van der Waals surface area (Å²) < 4.78 is 0. The number of hydrogen-bond acceptors (Lipinski definition) is 3. The third kappa shape index (κ3) is 2.77. The predicted molar refractivity (Wildman–Crippen MR) is 68.2 cm³/mol. The van der Waals surface area contributed by atoms with E-state index in [0.29, 0.717) is 18.1 Å². The maximum absolute atomic E-state index is 11.4. The van der Waals surface area contributed by atoms with Crippen molar-refractivity contribution in [1.29, 1.82) is 0 Å². The van der Waals surface area contributed by atoms with Crippen molar-refractivity contribution in [2.24, 2.45) is 0 Å². The highest BCUT2D eigenvalue weighted by molar-refractivity contribution is 6.30. The molecule has 1 amide bonds. The van der Waals surface area contributed by atoms with E-state index in [1.807, 2.05) is 12.1 Å². The van der Waals surface area contributed by atoms with Crippen LogP contribution in [-0.4, -0.2) is 42.0 Å². The minimum atomic E-state index is -0.00582. The van der Waals surface area contributed by atoms with Crippen LogP contribution in [0.3, 0.4) is 0 Å². The van der Waals surface area contributed by atoms with Gasteiger partial charge in [-0.1, -0.05) is 18.2 Å². The van der Waals surface area contributed by atoms with Gasteiger partial charge in [0.25, 0.3) is 0 Å². The van der Waals surface area contributed by atoms with Crippen LogP contribution in [0.4, 0.5) is 5.82 Å². The second-order valence-corrected chi connectivity index (χ2v) is 4.29. The van der Waals surface area contributed by atoms with Gasteiger partial charge in [0.05, 0.1) is 5.02 Å². The fraction of sp³-hybridized carbons (Fsp3) is 0.333. The second kappa shape index (κ2) is 5.19. The Bertz CT molecular complexity index is 410. The Balaban J connectivity index is 1.97. The summed E-state index contributed by atoms with van der Waals surface area (Å²) in [4.78, 5) is 19.6. The van der Waals surface area contributed by atoms with Gasteiger partial charge >= 0.3 is 0 Å². The molecule has 1 aliphatic rings. The number of piperazine rings is 1. The van der Waals surface area contributed by atoms with E-state index in [2.05, 4.69) is 16.5 Å². The maximum atomic E-state index is 11.4.